The highest BCUT2D eigenvalue weighted by atomic mass is 32.2. The monoisotopic (exact) mass is 381 g/mol. The average Bonchev–Trinajstić information content (AvgIpc) is 2.61. The molecule has 2 atom stereocenters. The van der Waals surface area contributed by atoms with Crippen LogP contribution >= 0.6 is 0 Å². The van der Waals surface area contributed by atoms with Gasteiger partial charge in [-0.2, -0.15) is 0 Å². The minimum absolute atomic E-state index is 0.0617. The summed E-state index contributed by atoms with van der Waals surface area (Å²) < 4.78 is 27.5. The van der Waals surface area contributed by atoms with E-state index in [1.807, 2.05) is 0 Å². The molecular formula is C19H31N3O3S. The van der Waals surface area contributed by atoms with Crippen molar-refractivity contribution in [2.24, 2.45) is 10.9 Å². The molecule has 0 spiro atoms. The molecule has 0 bridgehead atoms. The van der Waals surface area contributed by atoms with Gasteiger partial charge in [0.2, 0.25) is 0 Å². The maximum atomic E-state index is 11.1. The molecule has 1 aliphatic rings. The van der Waals surface area contributed by atoms with Gasteiger partial charge in [0, 0.05) is 32.9 Å². The van der Waals surface area contributed by atoms with E-state index in [-0.39, 0.29) is 12.4 Å². The number of ether oxygens (including phenoxy) is 1. The minimum Gasteiger partial charge on any atom is -0.379 e. The number of nitrogens with one attached hydrogen (secondary N) is 1. The number of aliphatic imine (C=N–C) groups is 1. The lowest BCUT2D eigenvalue weighted by Gasteiger charge is -2.38. The Balaban J connectivity index is 1.75. The highest BCUT2D eigenvalue weighted by Gasteiger charge is 2.28. The second kappa shape index (κ2) is 9.92. The van der Waals surface area contributed by atoms with Gasteiger partial charge >= 0.3 is 0 Å². The van der Waals surface area contributed by atoms with Crippen molar-refractivity contribution in [3.63, 3.8) is 0 Å². The molecule has 26 heavy (non-hydrogen) atoms. The van der Waals surface area contributed by atoms with Crippen LogP contribution in [0.15, 0.2) is 35.3 Å². The number of piperidine rings is 1. The van der Waals surface area contributed by atoms with Crippen molar-refractivity contribution >= 4 is 15.8 Å². The molecule has 0 radical (unpaired) electrons. The van der Waals surface area contributed by atoms with E-state index in [9.17, 15) is 8.42 Å². The fourth-order valence-corrected chi connectivity index (χ4v) is 3.83. The van der Waals surface area contributed by atoms with Crippen LogP contribution in [0.3, 0.4) is 0 Å². The zero-order chi connectivity index (χ0) is 19.0. The summed E-state index contributed by atoms with van der Waals surface area (Å²) in [6.07, 6.45) is 2.33. The van der Waals surface area contributed by atoms with E-state index >= 15 is 0 Å². The Kier molecular flexibility index (Phi) is 7.90. The Morgan fingerprint density at radius 2 is 2.04 bits per heavy atom. The Labute approximate surface area is 157 Å². The molecule has 6 nitrogen and oxygen atoms in total. The number of benzene rings is 1. The van der Waals surface area contributed by atoms with Gasteiger partial charge in [-0.05, 0) is 23.8 Å². The van der Waals surface area contributed by atoms with Crippen molar-refractivity contribution in [1.29, 1.82) is 0 Å². The molecule has 2 rings (SSSR count). The van der Waals surface area contributed by atoms with E-state index in [1.165, 1.54) is 11.8 Å². The van der Waals surface area contributed by atoms with Crippen LogP contribution < -0.4 is 5.32 Å². The number of nitrogens with zero attached hydrogens (tertiary/aromatic N) is 2. The molecule has 0 aliphatic carbocycles. The third kappa shape index (κ3) is 6.61. The van der Waals surface area contributed by atoms with Crippen LogP contribution in [0.4, 0.5) is 0 Å². The fourth-order valence-electron chi connectivity index (χ4n) is 3.41. The maximum Gasteiger partial charge on any atom is 0.193 e. The molecule has 1 fully saturated rings. The van der Waals surface area contributed by atoms with Crippen molar-refractivity contribution in [1.82, 2.24) is 10.2 Å². The predicted octanol–water partition coefficient (Wildman–Crippen LogP) is 1.75. The Morgan fingerprint density at radius 3 is 2.65 bits per heavy atom. The molecule has 7 heteroatoms. The van der Waals surface area contributed by atoms with Gasteiger partial charge in [0.1, 0.15) is 9.84 Å². The summed E-state index contributed by atoms with van der Waals surface area (Å²) in [5.74, 6) is 2.09. The summed E-state index contributed by atoms with van der Waals surface area (Å²) in [5.41, 5.74) is 1.42. The molecule has 0 aromatic heterocycles. The molecule has 1 saturated heterocycles. The molecule has 1 N–H and O–H groups in total. The molecule has 0 saturated carbocycles. The number of rotatable bonds is 7. The quantitative estimate of drug-likeness (QED) is 0.443. The maximum absolute atomic E-state index is 11.1. The number of hydrogen-bond donors (Lipinski definition) is 1. The second-order valence-electron chi connectivity index (χ2n) is 6.95. The molecule has 146 valence electrons. The first-order valence-electron chi connectivity index (χ1n) is 9.16. The molecule has 0 amide bonds. The molecular weight excluding hydrogens is 350 g/mol. The lowest BCUT2D eigenvalue weighted by molar-refractivity contribution is 0.152. The van der Waals surface area contributed by atoms with E-state index in [1.54, 1.807) is 7.05 Å². The average molecular weight is 382 g/mol. The van der Waals surface area contributed by atoms with Crippen LogP contribution in [0, 0.1) is 5.92 Å². The Bertz CT molecular complexity index is 677. The normalized spacial score (nSPS) is 21.7. The van der Waals surface area contributed by atoms with E-state index < -0.39 is 9.84 Å². The van der Waals surface area contributed by atoms with Gasteiger partial charge < -0.3 is 15.0 Å². The topological polar surface area (TPSA) is 71.0 Å². The van der Waals surface area contributed by atoms with Crippen LogP contribution in [0.5, 0.6) is 0 Å². The van der Waals surface area contributed by atoms with Gasteiger partial charge in [-0.15, -0.1) is 0 Å². The first-order chi connectivity index (χ1) is 12.4. The molecule has 1 heterocycles. The highest BCUT2D eigenvalue weighted by Crippen LogP contribution is 2.32. The first kappa shape index (κ1) is 20.7. The van der Waals surface area contributed by atoms with E-state index in [2.05, 4.69) is 52.5 Å². The van der Waals surface area contributed by atoms with Gasteiger partial charge in [-0.3, -0.25) is 4.99 Å². The Hall–Kier alpha value is -1.60. The van der Waals surface area contributed by atoms with Crippen LogP contribution in [-0.2, 0) is 14.6 Å². The van der Waals surface area contributed by atoms with Crippen LogP contribution in [-0.4, -0.2) is 71.2 Å². The summed E-state index contributed by atoms with van der Waals surface area (Å²) in [4.78, 5) is 6.67. The summed E-state index contributed by atoms with van der Waals surface area (Å²) >= 11 is 0. The molecule has 2 unspecified atom stereocenters. The first-order valence-corrected chi connectivity index (χ1v) is 11.2. The zero-order valence-corrected chi connectivity index (χ0v) is 16.8. The lowest BCUT2D eigenvalue weighted by atomic mass is 9.82. The van der Waals surface area contributed by atoms with E-state index in [0.717, 1.165) is 25.5 Å². The van der Waals surface area contributed by atoms with Gasteiger partial charge in [0.05, 0.1) is 19.0 Å². The van der Waals surface area contributed by atoms with Gasteiger partial charge in [-0.1, -0.05) is 37.3 Å². The van der Waals surface area contributed by atoms with E-state index in [0.29, 0.717) is 25.0 Å². The van der Waals surface area contributed by atoms with Crippen molar-refractivity contribution in [2.45, 2.75) is 19.3 Å². The minimum atomic E-state index is -2.96. The van der Waals surface area contributed by atoms with Crippen molar-refractivity contribution in [3.8, 4) is 0 Å². The number of likely N-dealkylation sites (tertiary alicyclic amines) is 1. The number of sulfone groups is 1. The summed E-state index contributed by atoms with van der Waals surface area (Å²) in [6.45, 7) is 5.55. The fraction of sp³-hybridized carbons (Fsp3) is 0.632. The predicted molar refractivity (Wildman–Crippen MR) is 106 cm³/mol. The van der Waals surface area contributed by atoms with Crippen LogP contribution in [0.1, 0.15) is 24.8 Å². The lowest BCUT2D eigenvalue weighted by Crippen LogP contribution is -2.48. The van der Waals surface area contributed by atoms with Gasteiger partial charge in [0.15, 0.2) is 5.96 Å². The number of guanidine groups is 1. The van der Waals surface area contributed by atoms with Crippen molar-refractivity contribution < 1.29 is 13.2 Å². The Morgan fingerprint density at radius 1 is 1.31 bits per heavy atom. The van der Waals surface area contributed by atoms with Gasteiger partial charge in [0.25, 0.3) is 0 Å². The summed E-state index contributed by atoms with van der Waals surface area (Å²) in [6, 6.07) is 10.7. The smallest absolute Gasteiger partial charge is 0.193 e. The van der Waals surface area contributed by atoms with Crippen molar-refractivity contribution in [2.75, 3.05) is 51.9 Å². The molecule has 1 aliphatic heterocycles. The highest BCUT2D eigenvalue weighted by molar-refractivity contribution is 7.90. The molecule has 1 aromatic rings. The number of hydrogen-bond acceptors (Lipinski definition) is 4. The summed E-state index contributed by atoms with van der Waals surface area (Å²) in [7, 11) is -1.17. The third-order valence-corrected chi connectivity index (χ3v) is 5.68. The molecule has 1 aromatic carbocycles. The third-order valence-electron chi connectivity index (χ3n) is 4.77. The standard InChI is InChI=1S/C19H31N3O3S/c1-16-15-22(11-9-18(16)17-7-5-4-6-8-17)19(20-2)21-10-12-25-13-14-26(3,23)24/h4-8,16,18H,9-15H2,1-3H3,(H,20,21). The SMILES string of the molecule is CN=C(NCCOCCS(C)(=O)=O)N1CCC(c2ccccc2)C(C)C1. The van der Waals surface area contributed by atoms with Crippen molar-refractivity contribution in [3.05, 3.63) is 35.9 Å². The zero-order valence-electron chi connectivity index (χ0n) is 16.0. The largest absolute Gasteiger partial charge is 0.379 e. The van der Waals surface area contributed by atoms with E-state index in [4.69, 9.17) is 4.74 Å². The van der Waals surface area contributed by atoms with Gasteiger partial charge in [-0.25, -0.2) is 8.42 Å². The van der Waals surface area contributed by atoms with Crippen LogP contribution in [0.25, 0.3) is 0 Å². The second-order valence-corrected chi connectivity index (χ2v) is 9.21. The summed E-state index contributed by atoms with van der Waals surface area (Å²) in [5, 5.41) is 3.31. The van der Waals surface area contributed by atoms with Crippen LogP contribution in [0.2, 0.25) is 0 Å².